The number of carbonyl (C=O) groups is 2. The van der Waals surface area contributed by atoms with E-state index >= 15 is 0 Å². The molecule has 0 aliphatic carbocycles. The second kappa shape index (κ2) is 9.29. The molecule has 0 saturated carbocycles. The van der Waals surface area contributed by atoms with Crippen molar-refractivity contribution in [1.82, 2.24) is 5.32 Å². The summed E-state index contributed by atoms with van der Waals surface area (Å²) in [5.41, 5.74) is -0.0815. The highest BCUT2D eigenvalue weighted by atomic mass is 16.4. The summed E-state index contributed by atoms with van der Waals surface area (Å²) in [6.45, 7) is 14.3. The lowest BCUT2D eigenvalue weighted by molar-refractivity contribution is -0.141. The Kier molecular flexibility index (Phi) is 8.86. The monoisotopic (exact) mass is 327 g/mol. The molecule has 0 aromatic heterocycles. The van der Waals surface area contributed by atoms with Gasteiger partial charge in [-0.05, 0) is 45.4 Å². The Bertz CT molecular complexity index is 377. The SMILES string of the molecule is CC(CCCCC[C@H](CC(C)(C)C)C(=O)NC(C)(C)C)C(=O)O. The zero-order valence-electron chi connectivity index (χ0n) is 16.2. The smallest absolute Gasteiger partial charge is 0.306 e. The van der Waals surface area contributed by atoms with Crippen LogP contribution in [0.25, 0.3) is 0 Å². The van der Waals surface area contributed by atoms with Gasteiger partial charge in [0.25, 0.3) is 0 Å². The summed E-state index contributed by atoms with van der Waals surface area (Å²) in [5.74, 6) is -0.817. The molecule has 0 fully saturated rings. The number of aliphatic carboxylic acids is 1. The average molecular weight is 328 g/mol. The van der Waals surface area contributed by atoms with E-state index in [2.05, 4.69) is 26.1 Å². The van der Waals surface area contributed by atoms with Gasteiger partial charge in [-0.1, -0.05) is 47.0 Å². The Morgan fingerprint density at radius 2 is 1.48 bits per heavy atom. The van der Waals surface area contributed by atoms with E-state index < -0.39 is 5.97 Å². The van der Waals surface area contributed by atoms with Crippen molar-refractivity contribution in [1.29, 1.82) is 0 Å². The molecule has 0 heterocycles. The first-order valence-corrected chi connectivity index (χ1v) is 8.86. The van der Waals surface area contributed by atoms with Gasteiger partial charge in [0.2, 0.25) is 5.91 Å². The third kappa shape index (κ3) is 12.1. The summed E-state index contributed by atoms with van der Waals surface area (Å²) in [5, 5.41) is 12.0. The molecule has 136 valence electrons. The Balaban J connectivity index is 4.38. The minimum atomic E-state index is -0.722. The standard InChI is InChI=1S/C19H37NO3/c1-14(17(22)23)11-9-8-10-12-15(13-18(2,3)4)16(21)20-19(5,6)7/h14-15H,8-13H2,1-7H3,(H,20,21)(H,22,23)/t14?,15-/m1/s1. The van der Waals surface area contributed by atoms with Crippen molar-refractivity contribution in [2.45, 2.75) is 92.5 Å². The second-order valence-corrected chi connectivity index (χ2v) is 9.08. The van der Waals surface area contributed by atoms with E-state index in [1.807, 2.05) is 20.8 Å². The topological polar surface area (TPSA) is 66.4 Å². The van der Waals surface area contributed by atoms with E-state index in [1.54, 1.807) is 6.92 Å². The molecule has 0 bridgehead atoms. The van der Waals surface area contributed by atoms with E-state index in [0.717, 1.165) is 32.1 Å². The molecule has 2 N–H and O–H groups in total. The van der Waals surface area contributed by atoms with Gasteiger partial charge in [-0.15, -0.1) is 0 Å². The molecule has 23 heavy (non-hydrogen) atoms. The molecule has 0 rings (SSSR count). The average Bonchev–Trinajstić information content (AvgIpc) is 2.32. The number of amides is 1. The van der Waals surface area contributed by atoms with Gasteiger partial charge in [0.1, 0.15) is 0 Å². The van der Waals surface area contributed by atoms with Gasteiger partial charge >= 0.3 is 5.97 Å². The Morgan fingerprint density at radius 3 is 1.91 bits per heavy atom. The highest BCUT2D eigenvalue weighted by Crippen LogP contribution is 2.28. The summed E-state index contributed by atoms with van der Waals surface area (Å²) >= 11 is 0. The van der Waals surface area contributed by atoms with Crippen LogP contribution in [-0.4, -0.2) is 22.5 Å². The normalized spacial score (nSPS) is 15.1. The van der Waals surface area contributed by atoms with Crippen LogP contribution in [0.15, 0.2) is 0 Å². The lowest BCUT2D eigenvalue weighted by Gasteiger charge is -2.29. The first-order valence-electron chi connectivity index (χ1n) is 8.86. The largest absolute Gasteiger partial charge is 0.481 e. The molecule has 2 atom stereocenters. The summed E-state index contributed by atoms with van der Waals surface area (Å²) in [7, 11) is 0. The van der Waals surface area contributed by atoms with E-state index in [4.69, 9.17) is 5.11 Å². The van der Waals surface area contributed by atoms with Crippen LogP contribution in [-0.2, 0) is 9.59 Å². The molecule has 0 aliphatic rings. The zero-order valence-corrected chi connectivity index (χ0v) is 16.2. The molecule has 4 nitrogen and oxygen atoms in total. The molecule has 0 saturated heterocycles. The summed E-state index contributed by atoms with van der Waals surface area (Å²) in [4.78, 5) is 23.3. The van der Waals surface area contributed by atoms with Gasteiger partial charge in [0.15, 0.2) is 0 Å². The fourth-order valence-electron chi connectivity index (χ4n) is 2.68. The first-order chi connectivity index (χ1) is 10.3. The molecule has 0 spiro atoms. The number of carboxylic acid groups (broad SMARTS) is 1. The predicted molar refractivity (Wildman–Crippen MR) is 95.3 cm³/mol. The van der Waals surface area contributed by atoms with E-state index in [1.165, 1.54) is 0 Å². The van der Waals surface area contributed by atoms with Crippen LogP contribution in [0.5, 0.6) is 0 Å². The molecule has 4 heteroatoms. The van der Waals surface area contributed by atoms with Gasteiger partial charge in [-0.3, -0.25) is 9.59 Å². The number of carbonyl (C=O) groups excluding carboxylic acids is 1. The molecular weight excluding hydrogens is 290 g/mol. The van der Waals surface area contributed by atoms with Gasteiger partial charge in [0.05, 0.1) is 5.92 Å². The predicted octanol–water partition coefficient (Wildman–Crippen LogP) is 4.62. The second-order valence-electron chi connectivity index (χ2n) is 9.08. The molecule has 0 aromatic carbocycles. The van der Waals surface area contributed by atoms with Crippen molar-refractivity contribution in [2.24, 2.45) is 17.3 Å². The van der Waals surface area contributed by atoms with Crippen molar-refractivity contribution in [3.63, 3.8) is 0 Å². The number of unbranched alkanes of at least 4 members (excludes halogenated alkanes) is 2. The van der Waals surface area contributed by atoms with E-state index in [-0.39, 0.29) is 28.7 Å². The molecule has 0 aromatic rings. The van der Waals surface area contributed by atoms with Crippen molar-refractivity contribution in [2.75, 3.05) is 0 Å². The number of hydrogen-bond acceptors (Lipinski definition) is 2. The van der Waals surface area contributed by atoms with Gasteiger partial charge < -0.3 is 10.4 Å². The summed E-state index contributed by atoms with van der Waals surface area (Å²) in [6, 6.07) is 0. The maximum Gasteiger partial charge on any atom is 0.306 e. The van der Waals surface area contributed by atoms with Crippen molar-refractivity contribution in [3.8, 4) is 0 Å². The minimum Gasteiger partial charge on any atom is -0.481 e. The summed E-state index contributed by atoms with van der Waals surface area (Å²) < 4.78 is 0. The zero-order chi connectivity index (χ0) is 18.3. The maximum atomic E-state index is 12.5. The Morgan fingerprint density at radius 1 is 0.957 bits per heavy atom. The van der Waals surface area contributed by atoms with Crippen LogP contribution in [0, 0.1) is 17.3 Å². The number of hydrogen-bond donors (Lipinski definition) is 2. The van der Waals surface area contributed by atoms with Crippen LogP contribution >= 0.6 is 0 Å². The molecule has 0 radical (unpaired) electrons. The molecule has 1 unspecified atom stereocenters. The summed E-state index contributed by atoms with van der Waals surface area (Å²) in [6.07, 6.45) is 5.34. The number of nitrogens with one attached hydrogen (secondary N) is 1. The Hall–Kier alpha value is -1.06. The molecule has 1 amide bonds. The minimum absolute atomic E-state index is 0.0334. The van der Waals surface area contributed by atoms with Crippen LogP contribution in [0.2, 0.25) is 0 Å². The van der Waals surface area contributed by atoms with Gasteiger partial charge in [-0.25, -0.2) is 0 Å². The lowest BCUT2D eigenvalue weighted by Crippen LogP contribution is -2.44. The number of carboxylic acids is 1. The van der Waals surface area contributed by atoms with Crippen LogP contribution in [0.1, 0.15) is 87.0 Å². The van der Waals surface area contributed by atoms with Crippen LogP contribution in [0.3, 0.4) is 0 Å². The number of rotatable bonds is 9. The highest BCUT2D eigenvalue weighted by Gasteiger charge is 2.27. The Labute approximate surface area is 142 Å². The van der Waals surface area contributed by atoms with Gasteiger partial charge in [0, 0.05) is 11.5 Å². The lowest BCUT2D eigenvalue weighted by atomic mass is 9.81. The first kappa shape index (κ1) is 21.9. The van der Waals surface area contributed by atoms with Crippen LogP contribution < -0.4 is 5.32 Å². The quantitative estimate of drug-likeness (QED) is 0.607. The fraction of sp³-hybridized carbons (Fsp3) is 0.895. The van der Waals surface area contributed by atoms with Crippen molar-refractivity contribution >= 4 is 11.9 Å². The maximum absolute atomic E-state index is 12.5. The van der Waals surface area contributed by atoms with E-state index in [0.29, 0.717) is 6.42 Å². The third-order valence-corrected chi connectivity index (χ3v) is 3.84. The highest BCUT2D eigenvalue weighted by molar-refractivity contribution is 5.79. The third-order valence-electron chi connectivity index (χ3n) is 3.84. The van der Waals surface area contributed by atoms with Crippen LogP contribution in [0.4, 0.5) is 0 Å². The molecule has 0 aliphatic heterocycles. The van der Waals surface area contributed by atoms with Crippen molar-refractivity contribution < 1.29 is 14.7 Å². The van der Waals surface area contributed by atoms with Crippen molar-refractivity contribution in [3.05, 3.63) is 0 Å². The fourth-order valence-corrected chi connectivity index (χ4v) is 2.68. The molecular formula is C19H37NO3. The van der Waals surface area contributed by atoms with E-state index in [9.17, 15) is 9.59 Å². The van der Waals surface area contributed by atoms with Gasteiger partial charge in [-0.2, -0.15) is 0 Å².